The van der Waals surface area contributed by atoms with Crippen molar-refractivity contribution in [3.05, 3.63) is 29.1 Å². The van der Waals surface area contributed by atoms with Gasteiger partial charge in [0.25, 0.3) is 0 Å². The molecule has 2 aromatic heterocycles. The maximum atomic E-state index is 5.91. The standard InChI is InChI=1S/C14H17ClN2O2/c1-14(3-2-4-18-9-14)17-8-12-6-10-5-11(15)7-16-13(10)19-12/h5-7,17H,2-4,8-9H2,1H3. The minimum Gasteiger partial charge on any atom is -0.441 e. The highest BCUT2D eigenvalue weighted by Crippen LogP contribution is 2.22. The van der Waals surface area contributed by atoms with Crippen LogP contribution >= 0.6 is 11.6 Å². The molecule has 3 heterocycles. The van der Waals surface area contributed by atoms with Crippen molar-refractivity contribution in [3.8, 4) is 0 Å². The summed E-state index contributed by atoms with van der Waals surface area (Å²) in [6.07, 6.45) is 3.82. The Morgan fingerprint density at radius 2 is 2.37 bits per heavy atom. The molecule has 3 rings (SSSR count). The summed E-state index contributed by atoms with van der Waals surface area (Å²) in [5.41, 5.74) is 0.661. The number of nitrogens with one attached hydrogen (secondary N) is 1. The number of hydrogen-bond donors (Lipinski definition) is 1. The topological polar surface area (TPSA) is 47.3 Å². The lowest BCUT2D eigenvalue weighted by atomic mass is 9.95. The van der Waals surface area contributed by atoms with Crippen molar-refractivity contribution in [1.29, 1.82) is 0 Å². The summed E-state index contributed by atoms with van der Waals surface area (Å²) in [5.74, 6) is 0.872. The van der Waals surface area contributed by atoms with Crippen LogP contribution < -0.4 is 5.32 Å². The third-order valence-corrected chi connectivity index (χ3v) is 3.72. The smallest absolute Gasteiger partial charge is 0.226 e. The molecule has 4 nitrogen and oxygen atoms in total. The second-order valence-corrected chi connectivity index (χ2v) is 5.77. The van der Waals surface area contributed by atoms with Crippen LogP contribution in [0.1, 0.15) is 25.5 Å². The molecule has 0 radical (unpaired) electrons. The van der Waals surface area contributed by atoms with Crippen LogP contribution in [0.5, 0.6) is 0 Å². The molecule has 1 fully saturated rings. The Labute approximate surface area is 117 Å². The first-order chi connectivity index (χ1) is 9.15. The zero-order valence-corrected chi connectivity index (χ0v) is 11.7. The van der Waals surface area contributed by atoms with Gasteiger partial charge in [-0.3, -0.25) is 0 Å². The molecule has 0 spiro atoms. The zero-order chi connectivity index (χ0) is 13.3. The van der Waals surface area contributed by atoms with Gasteiger partial charge in [0.05, 0.1) is 18.2 Å². The summed E-state index contributed by atoms with van der Waals surface area (Å²) in [6.45, 7) is 4.47. The molecule has 1 aliphatic rings. The zero-order valence-electron chi connectivity index (χ0n) is 10.9. The summed E-state index contributed by atoms with van der Waals surface area (Å²) in [5, 5.41) is 5.07. The third-order valence-electron chi connectivity index (χ3n) is 3.52. The average Bonchev–Trinajstić information content (AvgIpc) is 2.79. The number of rotatable bonds is 3. The second-order valence-electron chi connectivity index (χ2n) is 5.33. The summed E-state index contributed by atoms with van der Waals surface area (Å²) < 4.78 is 11.2. The van der Waals surface area contributed by atoms with E-state index < -0.39 is 0 Å². The van der Waals surface area contributed by atoms with Gasteiger partial charge in [-0.25, -0.2) is 4.98 Å². The van der Waals surface area contributed by atoms with Gasteiger partial charge in [0.15, 0.2) is 0 Å². The van der Waals surface area contributed by atoms with E-state index in [1.54, 1.807) is 6.20 Å². The maximum Gasteiger partial charge on any atom is 0.226 e. The second kappa shape index (κ2) is 5.12. The molecule has 1 saturated heterocycles. The predicted octanol–water partition coefficient (Wildman–Crippen LogP) is 3.14. The van der Waals surface area contributed by atoms with E-state index in [0.717, 1.165) is 37.2 Å². The molecular formula is C14H17ClN2O2. The molecular weight excluding hydrogens is 264 g/mol. The van der Waals surface area contributed by atoms with Gasteiger partial charge in [-0.15, -0.1) is 0 Å². The number of fused-ring (bicyclic) bond motifs is 1. The molecule has 0 bridgehead atoms. The quantitative estimate of drug-likeness (QED) is 0.938. The molecule has 1 unspecified atom stereocenters. The maximum absolute atomic E-state index is 5.91. The summed E-state index contributed by atoms with van der Waals surface area (Å²) in [7, 11) is 0. The Bertz CT molecular complexity index is 576. The monoisotopic (exact) mass is 280 g/mol. The molecule has 0 aliphatic carbocycles. The fraction of sp³-hybridized carbons (Fsp3) is 0.500. The number of furan rings is 1. The van der Waals surface area contributed by atoms with E-state index in [0.29, 0.717) is 17.3 Å². The normalized spacial score (nSPS) is 23.9. The molecule has 0 amide bonds. The van der Waals surface area contributed by atoms with Crippen molar-refractivity contribution >= 4 is 22.7 Å². The van der Waals surface area contributed by atoms with Crippen LogP contribution in [0.4, 0.5) is 0 Å². The lowest BCUT2D eigenvalue weighted by Crippen LogP contribution is -2.48. The first kappa shape index (κ1) is 12.9. The number of hydrogen-bond acceptors (Lipinski definition) is 4. The van der Waals surface area contributed by atoms with Crippen molar-refractivity contribution in [1.82, 2.24) is 10.3 Å². The van der Waals surface area contributed by atoms with E-state index >= 15 is 0 Å². The van der Waals surface area contributed by atoms with E-state index in [1.807, 2.05) is 12.1 Å². The van der Waals surface area contributed by atoms with Gasteiger partial charge in [0, 0.05) is 23.7 Å². The Kier molecular flexibility index (Phi) is 3.48. The molecule has 102 valence electrons. The fourth-order valence-corrected chi connectivity index (χ4v) is 2.59. The molecule has 1 atom stereocenters. The van der Waals surface area contributed by atoms with E-state index in [4.69, 9.17) is 20.8 Å². The van der Waals surface area contributed by atoms with Crippen LogP contribution in [0, 0.1) is 0 Å². The van der Waals surface area contributed by atoms with Gasteiger partial charge >= 0.3 is 0 Å². The molecule has 0 aromatic carbocycles. The van der Waals surface area contributed by atoms with Crippen molar-refractivity contribution in [3.63, 3.8) is 0 Å². The largest absolute Gasteiger partial charge is 0.441 e. The number of halogens is 1. The van der Waals surface area contributed by atoms with Gasteiger partial charge < -0.3 is 14.5 Å². The van der Waals surface area contributed by atoms with Gasteiger partial charge in [-0.1, -0.05) is 11.6 Å². The van der Waals surface area contributed by atoms with Crippen molar-refractivity contribution in [2.24, 2.45) is 0 Å². The molecule has 1 aliphatic heterocycles. The summed E-state index contributed by atoms with van der Waals surface area (Å²) in [4.78, 5) is 4.16. The van der Waals surface area contributed by atoms with E-state index in [9.17, 15) is 0 Å². The molecule has 1 N–H and O–H groups in total. The van der Waals surface area contributed by atoms with Crippen LogP contribution in [-0.4, -0.2) is 23.7 Å². The van der Waals surface area contributed by atoms with Gasteiger partial charge in [-0.05, 0) is 31.9 Å². The van der Waals surface area contributed by atoms with Gasteiger partial charge in [0.2, 0.25) is 5.71 Å². The highest BCUT2D eigenvalue weighted by atomic mass is 35.5. The molecule has 2 aromatic rings. The van der Waals surface area contributed by atoms with Crippen molar-refractivity contribution in [2.75, 3.05) is 13.2 Å². The highest BCUT2D eigenvalue weighted by molar-refractivity contribution is 6.31. The fourth-order valence-electron chi connectivity index (χ4n) is 2.42. The number of ether oxygens (including phenoxy) is 1. The Hall–Kier alpha value is -1.10. The van der Waals surface area contributed by atoms with Crippen LogP contribution in [0.3, 0.4) is 0 Å². The number of nitrogens with zero attached hydrogens (tertiary/aromatic N) is 1. The van der Waals surface area contributed by atoms with Crippen LogP contribution in [0.15, 0.2) is 22.7 Å². The SMILES string of the molecule is CC1(NCc2cc3cc(Cl)cnc3o2)CCCOC1. The lowest BCUT2D eigenvalue weighted by molar-refractivity contribution is 0.0271. The van der Waals surface area contributed by atoms with Crippen LogP contribution in [0.25, 0.3) is 11.1 Å². The average molecular weight is 281 g/mol. The minimum absolute atomic E-state index is 0.0301. The van der Waals surface area contributed by atoms with Crippen LogP contribution in [-0.2, 0) is 11.3 Å². The molecule has 5 heteroatoms. The third kappa shape index (κ3) is 2.91. The molecule has 0 saturated carbocycles. The Morgan fingerprint density at radius 3 is 3.16 bits per heavy atom. The Morgan fingerprint density at radius 1 is 1.47 bits per heavy atom. The lowest BCUT2D eigenvalue weighted by Gasteiger charge is -2.34. The summed E-state index contributed by atoms with van der Waals surface area (Å²) >= 11 is 5.91. The molecule has 19 heavy (non-hydrogen) atoms. The number of pyridine rings is 1. The first-order valence-electron chi connectivity index (χ1n) is 6.51. The minimum atomic E-state index is 0.0301. The van der Waals surface area contributed by atoms with E-state index in [-0.39, 0.29) is 5.54 Å². The van der Waals surface area contributed by atoms with E-state index in [2.05, 4.69) is 17.2 Å². The van der Waals surface area contributed by atoms with E-state index in [1.165, 1.54) is 0 Å². The van der Waals surface area contributed by atoms with Crippen molar-refractivity contribution in [2.45, 2.75) is 31.8 Å². The van der Waals surface area contributed by atoms with Gasteiger partial charge in [-0.2, -0.15) is 0 Å². The Balaban J connectivity index is 1.71. The predicted molar refractivity (Wildman–Crippen MR) is 74.3 cm³/mol. The van der Waals surface area contributed by atoms with Crippen LogP contribution in [0.2, 0.25) is 5.02 Å². The van der Waals surface area contributed by atoms with Crippen molar-refractivity contribution < 1.29 is 9.15 Å². The number of aromatic nitrogens is 1. The van der Waals surface area contributed by atoms with Gasteiger partial charge in [0.1, 0.15) is 5.76 Å². The summed E-state index contributed by atoms with van der Waals surface area (Å²) in [6, 6.07) is 3.84. The first-order valence-corrected chi connectivity index (χ1v) is 6.89. The highest BCUT2D eigenvalue weighted by Gasteiger charge is 2.27.